The Bertz CT molecular complexity index is 785. The number of aromatic nitrogens is 2. The van der Waals surface area contributed by atoms with Crippen LogP contribution in [0.2, 0.25) is 0 Å². The highest BCUT2D eigenvalue weighted by atomic mass is 79.9. The van der Waals surface area contributed by atoms with Gasteiger partial charge in [0.05, 0.1) is 8.66 Å². The molecule has 4 nitrogen and oxygen atoms in total. The summed E-state index contributed by atoms with van der Waals surface area (Å²) in [5.74, 6) is -0.0825. The highest BCUT2D eigenvalue weighted by Gasteiger charge is 2.12. The summed E-state index contributed by atoms with van der Waals surface area (Å²) in [6, 6.07) is 9.42. The summed E-state index contributed by atoms with van der Waals surface area (Å²) < 4.78 is 17.9. The molecule has 0 saturated carbocycles. The number of carbonyl (C=O) groups is 1. The summed E-state index contributed by atoms with van der Waals surface area (Å²) >= 11 is 5.73. The van der Waals surface area contributed by atoms with E-state index in [4.69, 9.17) is 0 Å². The van der Waals surface area contributed by atoms with Crippen molar-refractivity contribution in [2.45, 2.75) is 0 Å². The second-order valence-electron chi connectivity index (χ2n) is 3.99. The molecule has 0 aliphatic carbocycles. The third-order valence-electron chi connectivity index (χ3n) is 2.55. The summed E-state index contributed by atoms with van der Waals surface area (Å²) in [7, 11) is 0. The molecule has 21 heavy (non-hydrogen) atoms. The second-order valence-corrected chi connectivity index (χ2v) is 7.20. The molecule has 1 aromatic carbocycles. The minimum absolute atomic E-state index is 0.229. The molecule has 0 fully saturated rings. The van der Waals surface area contributed by atoms with E-state index < -0.39 is 0 Å². The minimum Gasteiger partial charge on any atom is -0.296 e. The fourth-order valence-electron chi connectivity index (χ4n) is 1.59. The quantitative estimate of drug-likeness (QED) is 0.727. The van der Waals surface area contributed by atoms with E-state index in [1.165, 1.54) is 23.5 Å². The van der Waals surface area contributed by atoms with Gasteiger partial charge in [-0.05, 0) is 52.3 Å². The number of hydrogen-bond donors (Lipinski definition) is 1. The Kier molecular flexibility index (Phi) is 4.09. The molecule has 0 bridgehead atoms. The molecule has 0 saturated heterocycles. The zero-order valence-corrected chi connectivity index (χ0v) is 13.6. The molecule has 0 radical (unpaired) electrons. The van der Waals surface area contributed by atoms with Crippen molar-refractivity contribution in [3.63, 3.8) is 0 Å². The van der Waals surface area contributed by atoms with E-state index in [9.17, 15) is 9.18 Å². The first kappa shape index (κ1) is 14.3. The number of benzene rings is 1. The van der Waals surface area contributed by atoms with Crippen LogP contribution in [0.15, 0.2) is 40.2 Å². The second kappa shape index (κ2) is 6.00. The van der Waals surface area contributed by atoms with Gasteiger partial charge in [0.2, 0.25) is 5.13 Å². The number of rotatable bonds is 3. The zero-order valence-electron chi connectivity index (χ0n) is 10.3. The van der Waals surface area contributed by atoms with E-state index in [-0.39, 0.29) is 11.7 Å². The van der Waals surface area contributed by atoms with Gasteiger partial charge >= 0.3 is 0 Å². The smallest absolute Gasteiger partial charge is 0.267 e. The van der Waals surface area contributed by atoms with Crippen LogP contribution in [0.1, 0.15) is 9.67 Å². The number of thiophene rings is 1. The largest absolute Gasteiger partial charge is 0.296 e. The summed E-state index contributed by atoms with van der Waals surface area (Å²) in [6.45, 7) is 0. The van der Waals surface area contributed by atoms with Gasteiger partial charge in [-0.3, -0.25) is 10.1 Å². The minimum atomic E-state index is -0.314. The van der Waals surface area contributed by atoms with Gasteiger partial charge in [0, 0.05) is 17.1 Å². The Morgan fingerprint density at radius 1 is 1.19 bits per heavy atom. The number of anilines is 1. The van der Waals surface area contributed by atoms with Gasteiger partial charge in [-0.25, -0.2) is 4.39 Å². The van der Waals surface area contributed by atoms with Crippen molar-refractivity contribution in [1.82, 2.24) is 9.36 Å². The molecule has 8 heteroatoms. The molecule has 0 atom stereocenters. The van der Waals surface area contributed by atoms with Crippen LogP contribution in [-0.4, -0.2) is 15.3 Å². The van der Waals surface area contributed by atoms with Gasteiger partial charge in [-0.2, -0.15) is 9.36 Å². The number of halogens is 2. The SMILES string of the molecule is O=C(Nc1nc(-c2ccc(F)cc2)ns1)c1ccc(Br)s1. The fourth-order valence-corrected chi connectivity index (χ4v) is 3.45. The summed E-state index contributed by atoms with van der Waals surface area (Å²) in [5, 5.41) is 3.10. The van der Waals surface area contributed by atoms with E-state index in [1.807, 2.05) is 6.07 Å². The summed E-state index contributed by atoms with van der Waals surface area (Å²) in [4.78, 5) is 16.8. The van der Waals surface area contributed by atoms with E-state index in [1.54, 1.807) is 18.2 Å². The third-order valence-corrected chi connectivity index (χ3v) is 4.80. The standard InChI is InChI=1S/C13H7BrFN3OS2/c14-10-6-5-9(20-10)12(19)17-13-16-11(18-21-13)7-1-3-8(15)4-2-7/h1-6H,(H,16,17,18,19). The lowest BCUT2D eigenvalue weighted by molar-refractivity contribution is 0.103. The predicted octanol–water partition coefficient (Wildman–Crippen LogP) is 4.42. The van der Waals surface area contributed by atoms with Crippen molar-refractivity contribution >= 4 is 49.8 Å². The van der Waals surface area contributed by atoms with Crippen molar-refractivity contribution in [1.29, 1.82) is 0 Å². The lowest BCUT2D eigenvalue weighted by Gasteiger charge is -1.97. The Morgan fingerprint density at radius 2 is 1.95 bits per heavy atom. The molecule has 1 N–H and O–H groups in total. The van der Waals surface area contributed by atoms with Crippen LogP contribution in [0.5, 0.6) is 0 Å². The molecule has 0 aliphatic heterocycles. The third kappa shape index (κ3) is 3.34. The van der Waals surface area contributed by atoms with Crippen molar-refractivity contribution < 1.29 is 9.18 Å². The molecule has 0 unspecified atom stereocenters. The van der Waals surface area contributed by atoms with Gasteiger partial charge in [0.15, 0.2) is 5.82 Å². The lowest BCUT2D eigenvalue weighted by Crippen LogP contribution is -2.09. The van der Waals surface area contributed by atoms with E-state index in [0.717, 1.165) is 15.3 Å². The molecule has 0 spiro atoms. The molecular weight excluding hydrogens is 377 g/mol. The van der Waals surface area contributed by atoms with Crippen LogP contribution < -0.4 is 5.32 Å². The van der Waals surface area contributed by atoms with Crippen LogP contribution in [0.25, 0.3) is 11.4 Å². The summed E-state index contributed by atoms with van der Waals surface area (Å²) in [5.41, 5.74) is 0.701. The predicted molar refractivity (Wildman–Crippen MR) is 85.3 cm³/mol. The Morgan fingerprint density at radius 3 is 2.62 bits per heavy atom. The van der Waals surface area contributed by atoms with E-state index >= 15 is 0 Å². The molecule has 2 heterocycles. The Balaban J connectivity index is 1.76. The average Bonchev–Trinajstić information content (AvgIpc) is 3.09. The van der Waals surface area contributed by atoms with Crippen molar-refractivity contribution in [3.05, 3.63) is 50.9 Å². The fraction of sp³-hybridized carbons (Fsp3) is 0. The molecule has 3 rings (SSSR count). The van der Waals surface area contributed by atoms with Gasteiger partial charge in [0.25, 0.3) is 5.91 Å². The number of hydrogen-bond acceptors (Lipinski definition) is 5. The Hall–Kier alpha value is -1.64. The lowest BCUT2D eigenvalue weighted by atomic mass is 10.2. The van der Waals surface area contributed by atoms with Crippen LogP contribution in [0.3, 0.4) is 0 Å². The van der Waals surface area contributed by atoms with Crippen LogP contribution in [0.4, 0.5) is 9.52 Å². The molecular formula is C13H7BrFN3OS2. The number of carbonyl (C=O) groups excluding carboxylic acids is 1. The maximum atomic E-state index is 12.9. The van der Waals surface area contributed by atoms with Gasteiger partial charge in [0.1, 0.15) is 5.82 Å². The highest BCUT2D eigenvalue weighted by molar-refractivity contribution is 9.11. The van der Waals surface area contributed by atoms with Crippen molar-refractivity contribution in [2.24, 2.45) is 0 Å². The van der Waals surface area contributed by atoms with Crippen molar-refractivity contribution in [2.75, 3.05) is 5.32 Å². The Labute approximate surface area is 136 Å². The topological polar surface area (TPSA) is 54.9 Å². The van der Waals surface area contributed by atoms with Crippen LogP contribution in [-0.2, 0) is 0 Å². The van der Waals surface area contributed by atoms with Gasteiger partial charge < -0.3 is 0 Å². The molecule has 0 aliphatic rings. The van der Waals surface area contributed by atoms with E-state index in [0.29, 0.717) is 21.4 Å². The average molecular weight is 384 g/mol. The molecule has 106 valence electrons. The first-order valence-electron chi connectivity index (χ1n) is 5.78. The number of nitrogens with one attached hydrogen (secondary N) is 1. The first-order chi connectivity index (χ1) is 10.1. The van der Waals surface area contributed by atoms with Crippen LogP contribution in [0, 0.1) is 5.82 Å². The highest BCUT2D eigenvalue weighted by Crippen LogP contribution is 2.25. The number of amides is 1. The van der Waals surface area contributed by atoms with Crippen molar-refractivity contribution in [3.8, 4) is 11.4 Å². The molecule has 1 amide bonds. The molecule has 3 aromatic rings. The maximum absolute atomic E-state index is 12.9. The van der Waals surface area contributed by atoms with Crippen LogP contribution >= 0.6 is 38.8 Å². The van der Waals surface area contributed by atoms with Gasteiger partial charge in [-0.15, -0.1) is 11.3 Å². The molecule has 2 aromatic heterocycles. The maximum Gasteiger partial charge on any atom is 0.267 e. The first-order valence-corrected chi connectivity index (χ1v) is 8.16. The monoisotopic (exact) mass is 383 g/mol. The summed E-state index contributed by atoms with van der Waals surface area (Å²) in [6.07, 6.45) is 0. The normalized spacial score (nSPS) is 10.6. The van der Waals surface area contributed by atoms with E-state index in [2.05, 4.69) is 30.6 Å². The number of nitrogens with zero attached hydrogens (tertiary/aromatic N) is 2. The zero-order chi connectivity index (χ0) is 14.8. The van der Waals surface area contributed by atoms with Gasteiger partial charge in [-0.1, -0.05) is 0 Å².